The molecule has 0 saturated heterocycles. The van der Waals surface area contributed by atoms with Crippen LogP contribution < -0.4 is 0 Å². The van der Waals surface area contributed by atoms with E-state index in [9.17, 15) is 10.2 Å². The normalized spacial score (nSPS) is 14.7. The second-order valence-corrected chi connectivity index (χ2v) is 4.71. The predicted octanol–water partition coefficient (Wildman–Crippen LogP) is 2.74. The summed E-state index contributed by atoms with van der Waals surface area (Å²) in [6.45, 7) is 3.94. The Morgan fingerprint density at radius 3 is 2.67 bits per heavy atom. The first-order chi connectivity index (χ1) is 8.61. The number of pyridine rings is 1. The summed E-state index contributed by atoms with van der Waals surface area (Å²) in [5.41, 5.74) is 2.63. The number of aliphatic hydroxyl groups excluding tert-OH is 2. The molecule has 2 rings (SSSR count). The van der Waals surface area contributed by atoms with Crippen LogP contribution in [0.25, 0.3) is 10.9 Å². The molecule has 2 atom stereocenters. The monoisotopic (exact) mass is 245 g/mol. The van der Waals surface area contributed by atoms with Crippen molar-refractivity contribution >= 4 is 10.9 Å². The van der Waals surface area contributed by atoms with Gasteiger partial charge in [-0.15, -0.1) is 0 Å². The Hall–Kier alpha value is -1.45. The zero-order chi connectivity index (χ0) is 13.1. The molecule has 2 N–H and O–H groups in total. The average molecular weight is 245 g/mol. The first-order valence-corrected chi connectivity index (χ1v) is 6.35. The topological polar surface area (TPSA) is 53.4 Å². The van der Waals surface area contributed by atoms with E-state index in [1.807, 2.05) is 44.2 Å². The molecule has 0 fully saturated rings. The summed E-state index contributed by atoms with van der Waals surface area (Å²) in [5.74, 6) is 0. The summed E-state index contributed by atoms with van der Waals surface area (Å²) in [6.07, 6.45) is -0.0701. The van der Waals surface area contributed by atoms with Gasteiger partial charge in [0.2, 0.25) is 0 Å². The van der Waals surface area contributed by atoms with Crippen molar-refractivity contribution in [3.63, 3.8) is 0 Å². The molecule has 0 spiro atoms. The van der Waals surface area contributed by atoms with E-state index in [-0.39, 0.29) is 0 Å². The van der Waals surface area contributed by atoms with Crippen LogP contribution in [0.3, 0.4) is 0 Å². The number of hydrogen-bond donors (Lipinski definition) is 2. The third-order valence-corrected chi connectivity index (χ3v) is 3.14. The number of aliphatic hydroxyl groups is 2. The average Bonchev–Trinajstić information content (AvgIpc) is 2.37. The quantitative estimate of drug-likeness (QED) is 0.870. The van der Waals surface area contributed by atoms with Gasteiger partial charge in [0.05, 0.1) is 11.6 Å². The highest BCUT2D eigenvalue weighted by molar-refractivity contribution is 5.79. The van der Waals surface area contributed by atoms with E-state index < -0.39 is 12.2 Å². The highest BCUT2D eigenvalue weighted by atomic mass is 16.3. The highest BCUT2D eigenvalue weighted by Crippen LogP contribution is 2.23. The fourth-order valence-electron chi connectivity index (χ4n) is 2.11. The van der Waals surface area contributed by atoms with Gasteiger partial charge in [-0.25, -0.2) is 0 Å². The van der Waals surface area contributed by atoms with E-state index in [1.165, 1.54) is 0 Å². The molecule has 0 aliphatic rings. The summed E-state index contributed by atoms with van der Waals surface area (Å²) in [7, 11) is 0. The molecule has 0 bridgehead atoms. The molecule has 3 heteroatoms. The van der Waals surface area contributed by atoms with Gasteiger partial charge < -0.3 is 10.2 Å². The zero-order valence-electron chi connectivity index (χ0n) is 10.8. The van der Waals surface area contributed by atoms with Crippen LogP contribution in [0, 0.1) is 6.92 Å². The lowest BCUT2D eigenvalue weighted by Crippen LogP contribution is -2.17. The minimum atomic E-state index is -0.823. The molecule has 2 aromatic rings. The van der Waals surface area contributed by atoms with Gasteiger partial charge in [0.25, 0.3) is 0 Å². The lowest BCUT2D eigenvalue weighted by molar-refractivity contribution is 0.0132. The number of fused-ring (bicyclic) bond motifs is 1. The summed E-state index contributed by atoms with van der Waals surface area (Å²) in [4.78, 5) is 4.41. The molecule has 96 valence electrons. The Bertz CT molecular complexity index is 539. The van der Waals surface area contributed by atoms with Crippen LogP contribution in [0.15, 0.2) is 30.3 Å². The van der Waals surface area contributed by atoms with Crippen molar-refractivity contribution < 1.29 is 10.2 Å². The maximum atomic E-state index is 10.1. The van der Waals surface area contributed by atoms with Gasteiger partial charge in [-0.2, -0.15) is 0 Å². The lowest BCUT2D eigenvalue weighted by atomic mass is 9.99. The zero-order valence-corrected chi connectivity index (χ0v) is 10.8. The fourth-order valence-corrected chi connectivity index (χ4v) is 2.11. The summed E-state index contributed by atoms with van der Waals surface area (Å²) < 4.78 is 0. The second kappa shape index (κ2) is 5.46. The molecule has 0 aliphatic heterocycles. The molecule has 18 heavy (non-hydrogen) atoms. The summed E-state index contributed by atoms with van der Waals surface area (Å²) in [5, 5.41) is 20.9. The van der Waals surface area contributed by atoms with Crippen LogP contribution >= 0.6 is 0 Å². The van der Waals surface area contributed by atoms with Crippen LogP contribution in [0.1, 0.15) is 37.1 Å². The van der Waals surface area contributed by atoms with E-state index >= 15 is 0 Å². The van der Waals surface area contributed by atoms with Crippen molar-refractivity contribution in [2.45, 2.75) is 38.9 Å². The van der Waals surface area contributed by atoms with Crippen molar-refractivity contribution in [3.05, 3.63) is 41.6 Å². The molecular formula is C15H19NO2. The van der Waals surface area contributed by atoms with Crippen molar-refractivity contribution in [1.29, 1.82) is 0 Å². The van der Waals surface area contributed by atoms with Crippen molar-refractivity contribution in [1.82, 2.24) is 4.98 Å². The van der Waals surface area contributed by atoms with Gasteiger partial charge in [0, 0.05) is 11.1 Å². The maximum absolute atomic E-state index is 10.1. The standard InChI is InChI=1S/C15H19NO2/c1-3-4-14(17)15(18)12-7-8-13-11(9-12)6-5-10(2)16-13/h5-9,14-15,17-18H,3-4H2,1-2H3. The molecule has 1 heterocycles. The maximum Gasteiger partial charge on any atom is 0.105 e. The SMILES string of the molecule is CCCC(O)C(O)c1ccc2nc(C)ccc2c1. The number of aryl methyl sites for hydroxylation is 1. The Kier molecular flexibility index (Phi) is 3.94. The Labute approximate surface area is 107 Å². The Morgan fingerprint density at radius 1 is 1.17 bits per heavy atom. The third kappa shape index (κ3) is 2.68. The van der Waals surface area contributed by atoms with Crippen LogP contribution in [0.4, 0.5) is 0 Å². The predicted molar refractivity (Wildman–Crippen MR) is 72.4 cm³/mol. The van der Waals surface area contributed by atoms with Gasteiger partial charge in [-0.05, 0) is 37.1 Å². The number of hydrogen-bond acceptors (Lipinski definition) is 3. The first-order valence-electron chi connectivity index (χ1n) is 6.35. The first kappa shape index (κ1) is 13.0. The molecule has 1 aromatic heterocycles. The molecule has 0 saturated carbocycles. The van der Waals surface area contributed by atoms with Gasteiger partial charge >= 0.3 is 0 Å². The van der Waals surface area contributed by atoms with Gasteiger partial charge in [-0.1, -0.05) is 25.5 Å². The van der Waals surface area contributed by atoms with Crippen LogP contribution in [-0.2, 0) is 0 Å². The van der Waals surface area contributed by atoms with E-state index in [2.05, 4.69) is 4.98 Å². The van der Waals surface area contributed by atoms with Crippen molar-refractivity contribution in [2.75, 3.05) is 0 Å². The van der Waals surface area contributed by atoms with Gasteiger partial charge in [0.1, 0.15) is 6.10 Å². The Balaban J connectivity index is 2.32. The van der Waals surface area contributed by atoms with E-state index in [0.717, 1.165) is 28.6 Å². The molecular weight excluding hydrogens is 226 g/mol. The summed E-state index contributed by atoms with van der Waals surface area (Å²) in [6, 6.07) is 9.55. The number of nitrogens with zero attached hydrogens (tertiary/aromatic N) is 1. The summed E-state index contributed by atoms with van der Waals surface area (Å²) >= 11 is 0. The number of rotatable bonds is 4. The minimum Gasteiger partial charge on any atom is -0.390 e. The van der Waals surface area contributed by atoms with E-state index in [0.29, 0.717) is 6.42 Å². The molecule has 2 unspecified atom stereocenters. The lowest BCUT2D eigenvalue weighted by Gasteiger charge is -2.17. The highest BCUT2D eigenvalue weighted by Gasteiger charge is 2.17. The third-order valence-electron chi connectivity index (χ3n) is 3.14. The fraction of sp³-hybridized carbons (Fsp3) is 0.400. The molecule has 0 radical (unpaired) electrons. The van der Waals surface area contributed by atoms with Crippen LogP contribution in [0.2, 0.25) is 0 Å². The smallest absolute Gasteiger partial charge is 0.105 e. The van der Waals surface area contributed by atoms with Crippen molar-refractivity contribution in [2.24, 2.45) is 0 Å². The van der Waals surface area contributed by atoms with Crippen molar-refractivity contribution in [3.8, 4) is 0 Å². The Morgan fingerprint density at radius 2 is 1.94 bits per heavy atom. The van der Waals surface area contributed by atoms with E-state index in [4.69, 9.17) is 0 Å². The van der Waals surface area contributed by atoms with Gasteiger partial charge in [-0.3, -0.25) is 4.98 Å². The molecule has 3 nitrogen and oxygen atoms in total. The second-order valence-electron chi connectivity index (χ2n) is 4.71. The van der Waals surface area contributed by atoms with Crippen LogP contribution in [-0.4, -0.2) is 21.3 Å². The number of aromatic nitrogens is 1. The van der Waals surface area contributed by atoms with Gasteiger partial charge in [0.15, 0.2) is 0 Å². The minimum absolute atomic E-state index is 0.603. The largest absolute Gasteiger partial charge is 0.390 e. The molecule has 1 aromatic carbocycles. The molecule has 0 aliphatic carbocycles. The van der Waals surface area contributed by atoms with E-state index in [1.54, 1.807) is 0 Å². The molecule has 0 amide bonds. The van der Waals surface area contributed by atoms with Crippen LogP contribution in [0.5, 0.6) is 0 Å². The number of benzene rings is 1.